The minimum absolute atomic E-state index is 0.0450. The van der Waals surface area contributed by atoms with Gasteiger partial charge in [0.2, 0.25) is 0 Å². The van der Waals surface area contributed by atoms with Gasteiger partial charge in [0.15, 0.2) is 0 Å². The first kappa shape index (κ1) is 20.5. The number of ether oxygens (including phenoxy) is 1. The number of benzene rings is 3. The van der Waals surface area contributed by atoms with Gasteiger partial charge < -0.3 is 9.72 Å². The van der Waals surface area contributed by atoms with Gasteiger partial charge in [0, 0.05) is 28.7 Å². The maximum Gasteiger partial charge on any atom is 0.301 e. The first-order valence-electron chi connectivity index (χ1n) is 9.51. The van der Waals surface area contributed by atoms with Gasteiger partial charge in [-0.2, -0.15) is 5.10 Å². The van der Waals surface area contributed by atoms with Crippen molar-refractivity contribution < 1.29 is 14.6 Å². The van der Waals surface area contributed by atoms with Gasteiger partial charge in [0.05, 0.1) is 22.1 Å². The van der Waals surface area contributed by atoms with Gasteiger partial charge in [-0.1, -0.05) is 30.3 Å². The summed E-state index contributed by atoms with van der Waals surface area (Å²) in [5.74, 6) is 0.689. The number of H-pyrrole nitrogens is 1. The summed E-state index contributed by atoms with van der Waals surface area (Å²) in [4.78, 5) is 23.8. The Hall–Kier alpha value is -4.73. The third kappa shape index (κ3) is 4.54. The summed E-state index contributed by atoms with van der Waals surface area (Å²) < 4.78 is 5.87. The maximum atomic E-state index is 11.2. The molecule has 160 valence electrons. The van der Waals surface area contributed by atoms with Crippen LogP contribution in [0.2, 0.25) is 0 Å². The van der Waals surface area contributed by atoms with Crippen LogP contribution in [0.15, 0.2) is 78.0 Å². The molecule has 3 aromatic carbocycles. The Kier molecular flexibility index (Phi) is 5.75. The van der Waals surface area contributed by atoms with Crippen molar-refractivity contribution in [3.05, 3.63) is 104 Å². The number of nitrogens with one attached hydrogen (secondary N) is 2. The fraction of sp³-hybridized carbons (Fsp3) is 0.0455. The quantitative estimate of drug-likeness (QED) is 0.229. The van der Waals surface area contributed by atoms with Crippen LogP contribution in [-0.2, 0) is 6.61 Å². The number of non-ortho nitro benzene ring substituents is 1. The molecule has 0 fully saturated rings. The Morgan fingerprint density at radius 3 is 2.56 bits per heavy atom. The Labute approximate surface area is 181 Å². The topological polar surface area (TPSA) is 136 Å². The number of anilines is 1. The molecule has 0 aliphatic carbocycles. The lowest BCUT2D eigenvalue weighted by Gasteiger charge is -2.06. The van der Waals surface area contributed by atoms with E-state index in [4.69, 9.17) is 4.74 Å². The summed E-state index contributed by atoms with van der Waals surface area (Å²) in [6.45, 7) is 0.436. The zero-order valence-corrected chi connectivity index (χ0v) is 16.6. The Morgan fingerprint density at radius 2 is 1.81 bits per heavy atom. The predicted molar refractivity (Wildman–Crippen MR) is 120 cm³/mol. The van der Waals surface area contributed by atoms with Crippen molar-refractivity contribution in [2.24, 2.45) is 5.10 Å². The molecular weight excluding hydrogens is 414 g/mol. The van der Waals surface area contributed by atoms with Gasteiger partial charge in [0.1, 0.15) is 18.0 Å². The number of hydrogen-bond donors (Lipinski definition) is 2. The van der Waals surface area contributed by atoms with Crippen molar-refractivity contribution in [2.45, 2.75) is 6.61 Å². The van der Waals surface area contributed by atoms with E-state index < -0.39 is 15.5 Å². The van der Waals surface area contributed by atoms with Crippen LogP contribution in [0.5, 0.6) is 5.75 Å². The van der Waals surface area contributed by atoms with E-state index in [1.807, 2.05) is 48.5 Å². The average Bonchev–Trinajstić information content (AvgIpc) is 3.20. The number of aromatic amines is 1. The molecule has 0 saturated heterocycles. The van der Waals surface area contributed by atoms with Crippen molar-refractivity contribution >= 4 is 34.2 Å². The molecule has 0 saturated carbocycles. The molecule has 10 heteroatoms. The second-order valence-corrected chi connectivity index (χ2v) is 6.81. The summed E-state index contributed by atoms with van der Waals surface area (Å²) in [7, 11) is 0. The van der Waals surface area contributed by atoms with E-state index >= 15 is 0 Å². The lowest BCUT2D eigenvalue weighted by Crippen LogP contribution is -1.98. The number of fused-ring (bicyclic) bond motifs is 1. The third-order valence-corrected chi connectivity index (χ3v) is 4.71. The predicted octanol–water partition coefficient (Wildman–Crippen LogP) is 5.01. The highest BCUT2D eigenvalue weighted by Crippen LogP contribution is 2.29. The van der Waals surface area contributed by atoms with Crippen LogP contribution >= 0.6 is 0 Å². The maximum absolute atomic E-state index is 11.2. The summed E-state index contributed by atoms with van der Waals surface area (Å²) in [6.07, 6.45) is 3.26. The van der Waals surface area contributed by atoms with Crippen molar-refractivity contribution in [3.63, 3.8) is 0 Å². The van der Waals surface area contributed by atoms with E-state index in [0.29, 0.717) is 12.4 Å². The number of nitro groups is 2. The molecule has 4 rings (SSSR count). The van der Waals surface area contributed by atoms with Crippen molar-refractivity contribution in [1.82, 2.24) is 4.98 Å². The summed E-state index contributed by atoms with van der Waals surface area (Å²) in [5, 5.41) is 27.0. The van der Waals surface area contributed by atoms with Gasteiger partial charge >= 0.3 is 5.69 Å². The smallest absolute Gasteiger partial charge is 0.301 e. The van der Waals surface area contributed by atoms with Crippen LogP contribution < -0.4 is 10.2 Å². The van der Waals surface area contributed by atoms with Crippen LogP contribution in [0.25, 0.3) is 10.9 Å². The standard InChI is InChI=1S/C22H17N5O5/c28-26(29)17-6-8-21(22(10-17)27(30)31)25-24-13-16-12-23-20-9-7-18(11-19(16)20)32-14-15-4-2-1-3-5-15/h1-13,23,25H,14H2. The fourth-order valence-corrected chi connectivity index (χ4v) is 3.11. The monoisotopic (exact) mass is 431 g/mol. The van der Waals surface area contributed by atoms with Gasteiger partial charge in [-0.25, -0.2) is 0 Å². The van der Waals surface area contributed by atoms with Gasteiger partial charge in [0.25, 0.3) is 5.69 Å². The molecule has 2 N–H and O–H groups in total. The Balaban J connectivity index is 1.52. The number of nitrogens with zero attached hydrogens (tertiary/aromatic N) is 3. The molecule has 4 aromatic rings. The zero-order chi connectivity index (χ0) is 22.5. The largest absolute Gasteiger partial charge is 0.489 e. The summed E-state index contributed by atoms with van der Waals surface area (Å²) >= 11 is 0. The van der Waals surface area contributed by atoms with E-state index in [9.17, 15) is 20.2 Å². The second kappa shape index (κ2) is 8.96. The van der Waals surface area contributed by atoms with E-state index in [0.717, 1.165) is 28.1 Å². The molecule has 0 aliphatic rings. The third-order valence-electron chi connectivity index (χ3n) is 4.71. The molecule has 0 spiro atoms. The zero-order valence-electron chi connectivity index (χ0n) is 16.6. The van der Waals surface area contributed by atoms with Gasteiger partial charge in [-0.05, 0) is 29.8 Å². The first-order chi connectivity index (χ1) is 15.5. The molecule has 32 heavy (non-hydrogen) atoms. The highest BCUT2D eigenvalue weighted by molar-refractivity contribution is 5.99. The van der Waals surface area contributed by atoms with E-state index in [2.05, 4.69) is 15.5 Å². The number of aromatic nitrogens is 1. The summed E-state index contributed by atoms with van der Waals surface area (Å²) in [6, 6.07) is 18.8. The molecule has 0 atom stereocenters. The van der Waals surface area contributed by atoms with Crippen LogP contribution in [0, 0.1) is 20.2 Å². The number of hydrazone groups is 1. The lowest BCUT2D eigenvalue weighted by molar-refractivity contribution is -0.393. The highest BCUT2D eigenvalue weighted by atomic mass is 16.6. The minimum Gasteiger partial charge on any atom is -0.489 e. The highest BCUT2D eigenvalue weighted by Gasteiger charge is 2.19. The average molecular weight is 431 g/mol. The molecule has 1 heterocycles. The van der Waals surface area contributed by atoms with Crippen molar-refractivity contribution in [1.29, 1.82) is 0 Å². The Bertz CT molecular complexity index is 1320. The lowest BCUT2D eigenvalue weighted by atomic mass is 10.2. The molecule has 0 amide bonds. The number of rotatable bonds is 8. The summed E-state index contributed by atoms with van der Waals surface area (Å²) in [5.41, 5.74) is 4.49. The first-order valence-corrected chi connectivity index (χ1v) is 9.51. The Morgan fingerprint density at radius 1 is 1.00 bits per heavy atom. The van der Waals surface area contributed by atoms with Crippen LogP contribution in [0.4, 0.5) is 17.1 Å². The van der Waals surface area contributed by atoms with Crippen LogP contribution in [-0.4, -0.2) is 21.0 Å². The van der Waals surface area contributed by atoms with Crippen molar-refractivity contribution in [2.75, 3.05) is 5.43 Å². The minimum atomic E-state index is -0.701. The molecule has 0 bridgehead atoms. The van der Waals surface area contributed by atoms with E-state index in [1.165, 1.54) is 18.3 Å². The van der Waals surface area contributed by atoms with E-state index in [-0.39, 0.29) is 11.4 Å². The van der Waals surface area contributed by atoms with Crippen LogP contribution in [0.3, 0.4) is 0 Å². The molecule has 0 aliphatic heterocycles. The second-order valence-electron chi connectivity index (χ2n) is 6.81. The molecule has 1 aromatic heterocycles. The number of nitro benzene ring substituents is 2. The van der Waals surface area contributed by atoms with Crippen LogP contribution in [0.1, 0.15) is 11.1 Å². The normalized spacial score (nSPS) is 11.0. The molecule has 0 unspecified atom stereocenters. The molecular formula is C22H17N5O5. The SMILES string of the molecule is O=[N+]([O-])c1ccc(NN=Cc2c[nH]c3ccc(OCc4ccccc4)cc23)c([N+](=O)[O-])c1. The van der Waals surface area contributed by atoms with E-state index in [1.54, 1.807) is 6.20 Å². The fourth-order valence-electron chi connectivity index (χ4n) is 3.11. The number of hydrogen-bond acceptors (Lipinski definition) is 7. The molecule has 10 nitrogen and oxygen atoms in total. The molecule has 0 radical (unpaired) electrons. The van der Waals surface area contributed by atoms with Gasteiger partial charge in [-0.15, -0.1) is 0 Å². The van der Waals surface area contributed by atoms with Crippen molar-refractivity contribution in [3.8, 4) is 5.75 Å². The van der Waals surface area contributed by atoms with Gasteiger partial charge in [-0.3, -0.25) is 25.7 Å².